The SMILES string of the molecule is O=C1Cc2sccc2CN1. The molecule has 1 aliphatic rings. The standard InChI is InChI=1S/C7H7NOS/c9-7-3-6-5(4-8-7)1-2-10-6/h1-2H,3-4H2,(H,8,9). The second-order valence-corrected chi connectivity index (χ2v) is 3.32. The number of hydrogen-bond donors (Lipinski definition) is 1. The number of thiophene rings is 1. The third-order valence-electron chi connectivity index (χ3n) is 1.63. The topological polar surface area (TPSA) is 29.1 Å². The van der Waals surface area contributed by atoms with Crippen molar-refractivity contribution < 1.29 is 4.79 Å². The fourth-order valence-electron chi connectivity index (χ4n) is 1.08. The van der Waals surface area contributed by atoms with Gasteiger partial charge in [0.05, 0.1) is 6.42 Å². The first kappa shape index (κ1) is 5.92. The Kier molecular flexibility index (Phi) is 1.24. The van der Waals surface area contributed by atoms with E-state index in [-0.39, 0.29) is 5.91 Å². The lowest BCUT2D eigenvalue weighted by atomic mass is 10.1. The van der Waals surface area contributed by atoms with Crippen LogP contribution in [-0.4, -0.2) is 5.91 Å². The highest BCUT2D eigenvalue weighted by Crippen LogP contribution is 2.19. The summed E-state index contributed by atoms with van der Waals surface area (Å²) in [6.45, 7) is 0.720. The van der Waals surface area contributed by atoms with Crippen LogP contribution in [0.5, 0.6) is 0 Å². The lowest BCUT2D eigenvalue weighted by molar-refractivity contribution is -0.120. The van der Waals surface area contributed by atoms with Gasteiger partial charge in [-0.2, -0.15) is 0 Å². The van der Waals surface area contributed by atoms with Crippen LogP contribution < -0.4 is 5.32 Å². The predicted octanol–water partition coefficient (Wildman–Crippen LogP) is 0.920. The molecular formula is C7H7NOS. The number of hydrogen-bond acceptors (Lipinski definition) is 2. The zero-order valence-corrected chi connectivity index (χ0v) is 6.20. The molecule has 0 radical (unpaired) electrons. The molecule has 0 bridgehead atoms. The Morgan fingerprint density at radius 2 is 2.50 bits per heavy atom. The third-order valence-corrected chi connectivity index (χ3v) is 2.60. The summed E-state index contributed by atoms with van der Waals surface area (Å²) in [7, 11) is 0. The smallest absolute Gasteiger partial charge is 0.225 e. The van der Waals surface area contributed by atoms with Gasteiger partial charge in [0.25, 0.3) is 0 Å². The summed E-state index contributed by atoms with van der Waals surface area (Å²) in [6.07, 6.45) is 0.576. The van der Waals surface area contributed by atoms with Crippen molar-refractivity contribution in [2.24, 2.45) is 0 Å². The molecule has 52 valence electrons. The first-order valence-electron chi connectivity index (χ1n) is 3.18. The number of carbonyl (C=O) groups excluding carboxylic acids is 1. The van der Waals surface area contributed by atoms with E-state index in [9.17, 15) is 4.79 Å². The van der Waals surface area contributed by atoms with Gasteiger partial charge in [-0.1, -0.05) is 0 Å². The molecule has 10 heavy (non-hydrogen) atoms. The van der Waals surface area contributed by atoms with Crippen LogP contribution in [0.3, 0.4) is 0 Å². The van der Waals surface area contributed by atoms with Crippen molar-refractivity contribution in [2.75, 3.05) is 0 Å². The Balaban J connectivity index is 2.39. The van der Waals surface area contributed by atoms with Gasteiger partial charge in [0.1, 0.15) is 0 Å². The Labute approximate surface area is 62.9 Å². The minimum Gasteiger partial charge on any atom is -0.352 e. The van der Waals surface area contributed by atoms with Crippen molar-refractivity contribution in [3.8, 4) is 0 Å². The molecule has 0 aromatic carbocycles. The van der Waals surface area contributed by atoms with E-state index in [2.05, 4.69) is 11.4 Å². The van der Waals surface area contributed by atoms with E-state index < -0.39 is 0 Å². The minimum atomic E-state index is 0.148. The highest BCUT2D eigenvalue weighted by atomic mass is 32.1. The van der Waals surface area contributed by atoms with E-state index in [4.69, 9.17) is 0 Å². The summed E-state index contributed by atoms with van der Waals surface area (Å²) in [6, 6.07) is 2.07. The minimum absolute atomic E-state index is 0.148. The first-order chi connectivity index (χ1) is 4.86. The molecule has 1 N–H and O–H groups in total. The molecule has 0 atom stereocenters. The van der Waals surface area contributed by atoms with Crippen molar-refractivity contribution in [3.63, 3.8) is 0 Å². The predicted molar refractivity (Wildman–Crippen MR) is 39.9 cm³/mol. The van der Waals surface area contributed by atoms with Crippen LogP contribution >= 0.6 is 11.3 Å². The number of fused-ring (bicyclic) bond motifs is 1. The quantitative estimate of drug-likeness (QED) is 0.590. The second kappa shape index (κ2) is 2.09. The van der Waals surface area contributed by atoms with E-state index >= 15 is 0 Å². The molecule has 0 unspecified atom stereocenters. The number of carbonyl (C=O) groups is 1. The number of nitrogens with one attached hydrogen (secondary N) is 1. The number of amides is 1. The highest BCUT2D eigenvalue weighted by molar-refractivity contribution is 7.10. The van der Waals surface area contributed by atoms with Gasteiger partial charge in [-0.05, 0) is 17.0 Å². The summed E-state index contributed by atoms with van der Waals surface area (Å²) in [5.41, 5.74) is 1.28. The van der Waals surface area contributed by atoms with Crippen LogP contribution in [0.25, 0.3) is 0 Å². The van der Waals surface area contributed by atoms with Crippen molar-refractivity contribution >= 4 is 17.2 Å². The summed E-state index contributed by atoms with van der Waals surface area (Å²) in [4.78, 5) is 12.0. The monoisotopic (exact) mass is 153 g/mol. The zero-order valence-electron chi connectivity index (χ0n) is 5.39. The van der Waals surface area contributed by atoms with Crippen molar-refractivity contribution in [3.05, 3.63) is 21.9 Å². The normalized spacial score (nSPS) is 16.2. The molecule has 0 aliphatic carbocycles. The summed E-state index contributed by atoms with van der Waals surface area (Å²) < 4.78 is 0. The molecule has 1 aromatic heterocycles. The molecule has 0 saturated carbocycles. The van der Waals surface area contributed by atoms with E-state index in [1.165, 1.54) is 10.4 Å². The van der Waals surface area contributed by atoms with Gasteiger partial charge in [-0.25, -0.2) is 0 Å². The maximum absolute atomic E-state index is 10.8. The Morgan fingerprint density at radius 3 is 3.40 bits per heavy atom. The summed E-state index contributed by atoms with van der Waals surface area (Å²) in [5.74, 6) is 0.148. The largest absolute Gasteiger partial charge is 0.352 e. The molecule has 2 rings (SSSR count). The van der Waals surface area contributed by atoms with E-state index in [0.717, 1.165) is 6.54 Å². The fraction of sp³-hybridized carbons (Fsp3) is 0.286. The van der Waals surface area contributed by atoms with Gasteiger partial charge < -0.3 is 5.32 Å². The molecule has 0 saturated heterocycles. The molecule has 1 aromatic rings. The van der Waals surface area contributed by atoms with Crippen LogP contribution in [0.15, 0.2) is 11.4 Å². The Morgan fingerprint density at radius 1 is 1.60 bits per heavy atom. The molecule has 1 amide bonds. The van der Waals surface area contributed by atoms with E-state index in [0.29, 0.717) is 6.42 Å². The van der Waals surface area contributed by atoms with Gasteiger partial charge in [0.2, 0.25) is 5.91 Å². The van der Waals surface area contributed by atoms with Crippen molar-refractivity contribution in [1.29, 1.82) is 0 Å². The summed E-state index contributed by atoms with van der Waals surface area (Å²) in [5, 5.41) is 4.82. The van der Waals surface area contributed by atoms with Crippen LogP contribution in [0.1, 0.15) is 10.4 Å². The fourth-order valence-corrected chi connectivity index (χ4v) is 1.98. The van der Waals surface area contributed by atoms with E-state index in [1.807, 2.05) is 5.38 Å². The summed E-state index contributed by atoms with van der Waals surface area (Å²) >= 11 is 1.67. The third kappa shape index (κ3) is 0.827. The van der Waals surface area contributed by atoms with Crippen LogP contribution in [0.4, 0.5) is 0 Å². The average molecular weight is 153 g/mol. The molecule has 3 heteroatoms. The lowest BCUT2D eigenvalue weighted by Gasteiger charge is -2.10. The van der Waals surface area contributed by atoms with E-state index in [1.54, 1.807) is 11.3 Å². The molecule has 0 spiro atoms. The van der Waals surface area contributed by atoms with Gasteiger partial charge in [-0.3, -0.25) is 4.79 Å². The highest BCUT2D eigenvalue weighted by Gasteiger charge is 2.14. The van der Waals surface area contributed by atoms with Gasteiger partial charge in [-0.15, -0.1) is 11.3 Å². The average Bonchev–Trinajstić information content (AvgIpc) is 2.33. The molecule has 2 heterocycles. The van der Waals surface area contributed by atoms with Crippen LogP contribution in [0, 0.1) is 0 Å². The number of rotatable bonds is 0. The molecule has 1 aliphatic heterocycles. The lowest BCUT2D eigenvalue weighted by Crippen LogP contribution is -2.28. The molecular weight excluding hydrogens is 146 g/mol. The van der Waals surface area contributed by atoms with Crippen LogP contribution in [0.2, 0.25) is 0 Å². The van der Waals surface area contributed by atoms with Crippen molar-refractivity contribution in [2.45, 2.75) is 13.0 Å². The maximum Gasteiger partial charge on any atom is 0.225 e. The Hall–Kier alpha value is -0.830. The molecule has 0 fully saturated rings. The van der Waals surface area contributed by atoms with Gasteiger partial charge >= 0.3 is 0 Å². The Bertz CT molecular complexity index is 266. The maximum atomic E-state index is 10.8. The van der Waals surface area contributed by atoms with Gasteiger partial charge in [0, 0.05) is 11.4 Å². The van der Waals surface area contributed by atoms with Crippen LogP contribution in [-0.2, 0) is 17.8 Å². The second-order valence-electron chi connectivity index (χ2n) is 2.32. The van der Waals surface area contributed by atoms with Gasteiger partial charge in [0.15, 0.2) is 0 Å². The molecule has 2 nitrogen and oxygen atoms in total. The zero-order chi connectivity index (χ0) is 6.97. The first-order valence-corrected chi connectivity index (χ1v) is 4.06. The van der Waals surface area contributed by atoms with Crippen molar-refractivity contribution in [1.82, 2.24) is 5.32 Å².